The zero-order valence-electron chi connectivity index (χ0n) is 15.1. The number of hydrogen-bond acceptors (Lipinski definition) is 10. The lowest BCUT2D eigenvalue weighted by molar-refractivity contribution is -0.138. The van der Waals surface area contributed by atoms with Crippen molar-refractivity contribution in [1.82, 2.24) is 9.38 Å². The van der Waals surface area contributed by atoms with Gasteiger partial charge in [0.1, 0.15) is 22.0 Å². The number of nitrogens with two attached hydrogens (primary N) is 1. The fourth-order valence-electron chi connectivity index (χ4n) is 2.47. The summed E-state index contributed by atoms with van der Waals surface area (Å²) in [6.45, 7) is -0.375. The molecule has 0 aromatic carbocycles. The van der Waals surface area contributed by atoms with Crippen molar-refractivity contribution in [2.24, 2.45) is 0 Å². The molecule has 0 amide bonds. The third kappa shape index (κ3) is 4.11. The van der Waals surface area contributed by atoms with Crippen LogP contribution in [0, 0.1) is 0 Å². The van der Waals surface area contributed by atoms with Crippen molar-refractivity contribution in [2.45, 2.75) is 6.61 Å². The third-order valence-electron chi connectivity index (χ3n) is 3.78. The van der Waals surface area contributed by atoms with Crippen LogP contribution in [-0.2, 0) is 25.6 Å². The van der Waals surface area contributed by atoms with E-state index in [4.69, 9.17) is 31.5 Å². The summed E-state index contributed by atoms with van der Waals surface area (Å²) in [6, 6.07) is 0. The smallest absolute Gasteiger partial charge is 0.348 e. The first-order valence-corrected chi connectivity index (χ1v) is 9.98. The fourth-order valence-corrected chi connectivity index (χ4v) is 4.45. The molecule has 0 aliphatic rings. The second kappa shape index (κ2) is 8.64. The van der Waals surface area contributed by atoms with Crippen molar-refractivity contribution in [1.29, 1.82) is 0 Å². The van der Waals surface area contributed by atoms with Crippen LogP contribution in [0.3, 0.4) is 0 Å². The van der Waals surface area contributed by atoms with E-state index in [9.17, 15) is 14.4 Å². The van der Waals surface area contributed by atoms with Gasteiger partial charge >= 0.3 is 17.9 Å². The molecule has 0 aliphatic carbocycles. The Balaban J connectivity index is 1.80. The van der Waals surface area contributed by atoms with Gasteiger partial charge in [0.2, 0.25) is 0 Å². The molecule has 0 atom stereocenters. The number of aromatic nitrogens is 2. The average molecular weight is 456 g/mol. The predicted octanol–water partition coefficient (Wildman–Crippen LogP) is 3.02. The summed E-state index contributed by atoms with van der Waals surface area (Å²) in [5.41, 5.74) is 6.44. The number of nitrogen functional groups attached to an aromatic ring is 1. The van der Waals surface area contributed by atoms with Gasteiger partial charge in [0, 0.05) is 23.2 Å². The molecule has 0 fully saturated rings. The van der Waals surface area contributed by atoms with Crippen LogP contribution < -0.4 is 5.73 Å². The standard InChI is InChI=1S/C17H14ClN3O6S2/c1-25-15(23)11-8(12(16(24)26-2)29-14(11)19)7-27-10(22)4-3-9-13(18)20-17-21(9)5-6-28-17/h3-6H,7,19H2,1-2H3. The van der Waals surface area contributed by atoms with Gasteiger partial charge in [-0.1, -0.05) is 11.6 Å². The number of methoxy groups -OCH3 is 2. The van der Waals surface area contributed by atoms with Crippen LogP contribution in [0.5, 0.6) is 0 Å². The number of fused-ring (bicyclic) bond motifs is 1. The number of ether oxygens (including phenoxy) is 3. The van der Waals surface area contributed by atoms with Gasteiger partial charge in [-0.3, -0.25) is 4.40 Å². The van der Waals surface area contributed by atoms with Crippen molar-refractivity contribution >= 4 is 68.2 Å². The molecule has 2 N–H and O–H groups in total. The van der Waals surface area contributed by atoms with E-state index in [-0.39, 0.29) is 32.8 Å². The number of imidazole rings is 1. The minimum Gasteiger partial charge on any atom is -0.465 e. The number of nitrogens with zero attached hydrogens (tertiary/aromatic N) is 2. The molecular weight excluding hydrogens is 442 g/mol. The van der Waals surface area contributed by atoms with Gasteiger partial charge in [0.15, 0.2) is 10.1 Å². The van der Waals surface area contributed by atoms with Crippen LogP contribution in [0.25, 0.3) is 11.0 Å². The third-order valence-corrected chi connectivity index (χ3v) is 5.86. The normalized spacial score (nSPS) is 11.1. The number of carbonyl (C=O) groups excluding carboxylic acids is 3. The fraction of sp³-hybridized carbons (Fsp3) is 0.176. The second-order valence-corrected chi connectivity index (χ2v) is 7.70. The van der Waals surface area contributed by atoms with Crippen molar-refractivity contribution in [3.63, 3.8) is 0 Å². The van der Waals surface area contributed by atoms with Crippen molar-refractivity contribution < 1.29 is 28.6 Å². The van der Waals surface area contributed by atoms with Crippen LogP contribution >= 0.6 is 34.3 Å². The maximum Gasteiger partial charge on any atom is 0.348 e. The Hall–Kier alpha value is -2.89. The molecule has 0 saturated carbocycles. The van der Waals surface area contributed by atoms with E-state index in [0.29, 0.717) is 10.7 Å². The van der Waals surface area contributed by atoms with E-state index in [1.54, 1.807) is 10.6 Å². The lowest BCUT2D eigenvalue weighted by Crippen LogP contribution is -2.11. The SMILES string of the molecule is COC(=O)c1sc(N)c(C(=O)OC)c1COC(=O)C=Cc1c(Cl)nc2sccn12. The van der Waals surface area contributed by atoms with Crippen molar-refractivity contribution in [2.75, 3.05) is 20.0 Å². The van der Waals surface area contributed by atoms with E-state index >= 15 is 0 Å². The summed E-state index contributed by atoms with van der Waals surface area (Å²) < 4.78 is 16.3. The van der Waals surface area contributed by atoms with Gasteiger partial charge in [0.25, 0.3) is 0 Å². The molecule has 0 aliphatic heterocycles. The first-order valence-electron chi connectivity index (χ1n) is 7.91. The molecule has 152 valence electrons. The van der Waals surface area contributed by atoms with Gasteiger partial charge in [-0.25, -0.2) is 19.4 Å². The summed E-state index contributed by atoms with van der Waals surface area (Å²) in [6.07, 6.45) is 4.39. The summed E-state index contributed by atoms with van der Waals surface area (Å²) >= 11 is 8.32. The largest absolute Gasteiger partial charge is 0.465 e. The van der Waals surface area contributed by atoms with Crippen LogP contribution in [-0.4, -0.2) is 41.5 Å². The highest BCUT2D eigenvalue weighted by molar-refractivity contribution is 7.18. The Morgan fingerprint density at radius 3 is 2.69 bits per heavy atom. The summed E-state index contributed by atoms with van der Waals surface area (Å²) in [7, 11) is 2.37. The van der Waals surface area contributed by atoms with Gasteiger partial charge in [0.05, 0.1) is 19.9 Å². The van der Waals surface area contributed by atoms with E-state index in [0.717, 1.165) is 11.3 Å². The maximum absolute atomic E-state index is 12.2. The molecule has 3 aromatic heterocycles. The summed E-state index contributed by atoms with van der Waals surface area (Å²) in [4.78, 5) is 41.1. The maximum atomic E-state index is 12.2. The van der Waals surface area contributed by atoms with E-state index < -0.39 is 17.9 Å². The van der Waals surface area contributed by atoms with Gasteiger partial charge in [-0.2, -0.15) is 0 Å². The lowest BCUT2D eigenvalue weighted by atomic mass is 10.1. The Morgan fingerprint density at radius 2 is 2.00 bits per heavy atom. The molecule has 0 unspecified atom stereocenters. The molecule has 0 saturated heterocycles. The highest BCUT2D eigenvalue weighted by Gasteiger charge is 2.27. The highest BCUT2D eigenvalue weighted by Crippen LogP contribution is 2.33. The zero-order chi connectivity index (χ0) is 21.1. The van der Waals surface area contributed by atoms with Gasteiger partial charge in [-0.05, 0) is 6.08 Å². The zero-order valence-corrected chi connectivity index (χ0v) is 17.5. The Morgan fingerprint density at radius 1 is 1.28 bits per heavy atom. The molecule has 0 radical (unpaired) electrons. The number of halogens is 1. The van der Waals surface area contributed by atoms with Gasteiger partial charge < -0.3 is 19.9 Å². The summed E-state index contributed by atoms with van der Waals surface area (Å²) in [5, 5.41) is 2.13. The lowest BCUT2D eigenvalue weighted by Gasteiger charge is -2.06. The summed E-state index contributed by atoms with van der Waals surface area (Å²) in [5.74, 6) is -2.17. The monoisotopic (exact) mass is 455 g/mol. The Labute approximate surface area is 177 Å². The molecule has 3 aromatic rings. The first-order chi connectivity index (χ1) is 13.9. The highest BCUT2D eigenvalue weighted by atomic mass is 35.5. The first kappa shape index (κ1) is 20.8. The van der Waals surface area contributed by atoms with E-state index in [1.165, 1.54) is 37.7 Å². The van der Waals surface area contributed by atoms with Crippen LogP contribution in [0.15, 0.2) is 17.7 Å². The number of thiazole rings is 1. The number of esters is 3. The second-order valence-electron chi connectivity index (χ2n) is 5.42. The van der Waals surface area contributed by atoms with Gasteiger partial charge in [-0.15, -0.1) is 22.7 Å². The number of hydrogen-bond donors (Lipinski definition) is 1. The molecule has 12 heteroatoms. The predicted molar refractivity (Wildman–Crippen MR) is 108 cm³/mol. The molecule has 29 heavy (non-hydrogen) atoms. The minimum atomic E-state index is -0.749. The van der Waals surface area contributed by atoms with Crippen LogP contribution in [0.1, 0.15) is 31.3 Å². The number of thiophene rings is 1. The minimum absolute atomic E-state index is 0.0338. The number of carbonyl (C=O) groups is 3. The Bertz CT molecular complexity index is 1130. The molecule has 3 rings (SSSR count). The van der Waals surface area contributed by atoms with Crippen LogP contribution in [0.2, 0.25) is 5.15 Å². The quantitative estimate of drug-likeness (QED) is 0.342. The molecular formula is C17H14ClN3O6S2. The molecule has 0 spiro atoms. The van der Waals surface area contributed by atoms with Crippen molar-refractivity contribution in [3.8, 4) is 0 Å². The van der Waals surface area contributed by atoms with E-state index in [2.05, 4.69) is 4.98 Å². The number of rotatable bonds is 6. The number of anilines is 1. The Kier molecular flexibility index (Phi) is 6.20. The van der Waals surface area contributed by atoms with E-state index in [1.807, 2.05) is 5.38 Å². The average Bonchev–Trinajstić information content (AvgIpc) is 3.36. The molecule has 3 heterocycles. The molecule has 0 bridgehead atoms. The van der Waals surface area contributed by atoms with Crippen LogP contribution in [0.4, 0.5) is 5.00 Å². The topological polar surface area (TPSA) is 122 Å². The van der Waals surface area contributed by atoms with Crippen molar-refractivity contribution in [3.05, 3.63) is 44.5 Å². The molecule has 9 nitrogen and oxygen atoms in total.